The number of hydrogen-bond acceptors (Lipinski definition) is 5. The summed E-state index contributed by atoms with van der Waals surface area (Å²) in [6, 6.07) is 0. The molecule has 1 aromatic heterocycles. The molecule has 3 rings (SSSR count). The molecule has 0 atom stereocenters. The topological polar surface area (TPSA) is 78.0 Å². The lowest BCUT2D eigenvalue weighted by atomic mass is 9.72. The smallest absolute Gasteiger partial charge is 0.191 e. The van der Waals surface area contributed by atoms with E-state index in [1.54, 1.807) is 11.3 Å². The summed E-state index contributed by atoms with van der Waals surface area (Å²) in [6.45, 7) is 4.66. The van der Waals surface area contributed by atoms with Crippen LogP contribution in [0.4, 0.5) is 5.13 Å². The van der Waals surface area contributed by atoms with Crippen LogP contribution in [0.15, 0.2) is 16.6 Å². The molecule has 1 saturated heterocycles. The van der Waals surface area contributed by atoms with Crippen molar-refractivity contribution in [2.45, 2.75) is 38.5 Å². The third-order valence-corrected chi connectivity index (χ3v) is 6.26. The van der Waals surface area contributed by atoms with E-state index in [-0.39, 0.29) is 36.0 Å². The van der Waals surface area contributed by atoms with Gasteiger partial charge in [0, 0.05) is 50.9 Å². The first kappa shape index (κ1) is 20.7. The van der Waals surface area contributed by atoms with Gasteiger partial charge in [-0.05, 0) is 24.7 Å². The minimum atomic E-state index is 0. The SMILES string of the molecule is I.NC(=NCC1(CCO)CCCCC1)N1CCN(c2nccs2)CC1. The van der Waals surface area contributed by atoms with Gasteiger partial charge in [0.1, 0.15) is 0 Å². The second kappa shape index (κ2) is 9.91. The molecule has 1 aliphatic heterocycles. The molecule has 0 aromatic carbocycles. The third-order valence-electron chi connectivity index (χ3n) is 5.43. The molecular formula is C17H30IN5OS. The number of anilines is 1. The molecule has 1 aliphatic carbocycles. The molecule has 3 N–H and O–H groups in total. The average Bonchev–Trinajstić information content (AvgIpc) is 3.16. The van der Waals surface area contributed by atoms with Crippen molar-refractivity contribution in [3.05, 3.63) is 11.6 Å². The second-order valence-electron chi connectivity index (χ2n) is 7.00. The molecule has 0 spiro atoms. The van der Waals surface area contributed by atoms with Gasteiger partial charge < -0.3 is 20.6 Å². The molecule has 142 valence electrons. The summed E-state index contributed by atoms with van der Waals surface area (Å²) < 4.78 is 0. The predicted octanol–water partition coefficient (Wildman–Crippen LogP) is 2.53. The largest absolute Gasteiger partial charge is 0.396 e. The molecule has 0 bridgehead atoms. The monoisotopic (exact) mass is 479 g/mol. The van der Waals surface area contributed by atoms with Gasteiger partial charge in [-0.2, -0.15) is 0 Å². The number of nitrogens with two attached hydrogens (primary N) is 1. The van der Waals surface area contributed by atoms with E-state index in [9.17, 15) is 5.11 Å². The fraction of sp³-hybridized carbons (Fsp3) is 0.765. The van der Waals surface area contributed by atoms with E-state index in [2.05, 4.69) is 14.8 Å². The Bertz CT molecular complexity index is 520. The minimum Gasteiger partial charge on any atom is -0.396 e. The van der Waals surface area contributed by atoms with Gasteiger partial charge in [0.15, 0.2) is 11.1 Å². The first-order valence-corrected chi connectivity index (χ1v) is 9.91. The van der Waals surface area contributed by atoms with Crippen LogP contribution in [-0.2, 0) is 0 Å². The number of nitrogens with zero attached hydrogens (tertiary/aromatic N) is 4. The Hall–Kier alpha value is -0.610. The molecule has 1 aromatic rings. The third kappa shape index (κ3) is 5.43. The number of thiazole rings is 1. The van der Waals surface area contributed by atoms with Gasteiger partial charge >= 0.3 is 0 Å². The van der Waals surface area contributed by atoms with Crippen molar-refractivity contribution < 1.29 is 5.11 Å². The summed E-state index contributed by atoms with van der Waals surface area (Å²) >= 11 is 1.68. The summed E-state index contributed by atoms with van der Waals surface area (Å²) in [4.78, 5) is 13.6. The lowest BCUT2D eigenvalue weighted by molar-refractivity contribution is 0.137. The lowest BCUT2D eigenvalue weighted by Gasteiger charge is -2.37. The van der Waals surface area contributed by atoms with Crippen molar-refractivity contribution in [2.24, 2.45) is 16.1 Å². The number of hydrogen-bond donors (Lipinski definition) is 2. The summed E-state index contributed by atoms with van der Waals surface area (Å²) in [5, 5.41) is 12.5. The molecular weight excluding hydrogens is 449 g/mol. The van der Waals surface area contributed by atoms with Crippen LogP contribution in [0.3, 0.4) is 0 Å². The predicted molar refractivity (Wildman–Crippen MR) is 115 cm³/mol. The van der Waals surface area contributed by atoms with Crippen LogP contribution in [0.1, 0.15) is 38.5 Å². The molecule has 25 heavy (non-hydrogen) atoms. The summed E-state index contributed by atoms with van der Waals surface area (Å²) in [6.07, 6.45) is 8.85. The summed E-state index contributed by atoms with van der Waals surface area (Å²) in [5.41, 5.74) is 6.43. The highest BCUT2D eigenvalue weighted by atomic mass is 127. The number of guanidine groups is 1. The Morgan fingerprint density at radius 3 is 2.56 bits per heavy atom. The van der Waals surface area contributed by atoms with Crippen molar-refractivity contribution in [3.63, 3.8) is 0 Å². The van der Waals surface area contributed by atoms with Crippen molar-refractivity contribution >= 4 is 46.4 Å². The molecule has 6 nitrogen and oxygen atoms in total. The van der Waals surface area contributed by atoms with E-state index in [1.165, 1.54) is 32.1 Å². The molecule has 0 radical (unpaired) electrons. The van der Waals surface area contributed by atoms with Gasteiger partial charge in [-0.3, -0.25) is 4.99 Å². The number of piperazine rings is 1. The number of rotatable bonds is 5. The number of aliphatic hydroxyl groups excluding tert-OH is 1. The maximum Gasteiger partial charge on any atom is 0.191 e. The van der Waals surface area contributed by atoms with Gasteiger partial charge in [-0.1, -0.05) is 19.3 Å². The van der Waals surface area contributed by atoms with Crippen LogP contribution >= 0.6 is 35.3 Å². The fourth-order valence-corrected chi connectivity index (χ4v) is 4.57. The zero-order valence-corrected chi connectivity index (χ0v) is 17.9. The first-order valence-electron chi connectivity index (χ1n) is 9.03. The summed E-state index contributed by atoms with van der Waals surface area (Å²) in [7, 11) is 0. The van der Waals surface area contributed by atoms with E-state index in [1.807, 2.05) is 11.6 Å². The molecule has 1 saturated carbocycles. The average molecular weight is 479 g/mol. The maximum absolute atomic E-state index is 9.42. The number of aromatic nitrogens is 1. The van der Waals surface area contributed by atoms with E-state index < -0.39 is 0 Å². The van der Waals surface area contributed by atoms with Crippen molar-refractivity contribution in [1.29, 1.82) is 0 Å². The van der Waals surface area contributed by atoms with Crippen LogP contribution in [0.2, 0.25) is 0 Å². The first-order chi connectivity index (χ1) is 11.7. The molecule has 2 fully saturated rings. The number of halogens is 1. The Labute approximate surface area is 171 Å². The van der Waals surface area contributed by atoms with Gasteiger partial charge in [-0.15, -0.1) is 35.3 Å². The standard InChI is InChI=1S/C17H29N5OS.HI/c18-15(20-14-17(6-12-23)4-2-1-3-5-17)21-8-10-22(11-9-21)16-19-7-13-24-16;/h7,13,23H,1-6,8-12,14H2,(H2,18,20);1H. The number of aliphatic hydroxyl groups is 1. The Morgan fingerprint density at radius 2 is 1.96 bits per heavy atom. The van der Waals surface area contributed by atoms with E-state index >= 15 is 0 Å². The quantitative estimate of drug-likeness (QED) is 0.386. The normalized spacial score (nSPS) is 21.1. The van der Waals surface area contributed by atoms with Gasteiger partial charge in [0.2, 0.25) is 0 Å². The van der Waals surface area contributed by atoms with Crippen LogP contribution in [0.5, 0.6) is 0 Å². The van der Waals surface area contributed by atoms with E-state index in [0.29, 0.717) is 5.96 Å². The highest BCUT2D eigenvalue weighted by Gasteiger charge is 2.31. The Morgan fingerprint density at radius 1 is 1.24 bits per heavy atom. The van der Waals surface area contributed by atoms with Crippen molar-refractivity contribution in [1.82, 2.24) is 9.88 Å². The van der Waals surface area contributed by atoms with Crippen LogP contribution in [0, 0.1) is 5.41 Å². The second-order valence-corrected chi connectivity index (χ2v) is 7.87. The minimum absolute atomic E-state index is 0. The van der Waals surface area contributed by atoms with Crippen molar-refractivity contribution in [2.75, 3.05) is 44.2 Å². The highest BCUT2D eigenvalue weighted by molar-refractivity contribution is 14.0. The maximum atomic E-state index is 9.42. The van der Waals surface area contributed by atoms with Gasteiger partial charge in [0.05, 0.1) is 0 Å². The highest BCUT2D eigenvalue weighted by Crippen LogP contribution is 2.39. The Balaban J connectivity index is 0.00000225. The molecule has 8 heteroatoms. The zero-order valence-electron chi connectivity index (χ0n) is 14.8. The van der Waals surface area contributed by atoms with Gasteiger partial charge in [-0.25, -0.2) is 4.98 Å². The molecule has 0 unspecified atom stereocenters. The van der Waals surface area contributed by atoms with E-state index in [0.717, 1.165) is 44.3 Å². The molecule has 0 amide bonds. The van der Waals surface area contributed by atoms with E-state index in [4.69, 9.17) is 10.7 Å². The molecule has 2 heterocycles. The number of aliphatic imine (C=N–C) groups is 1. The van der Waals surface area contributed by atoms with Crippen LogP contribution in [-0.4, -0.2) is 60.3 Å². The van der Waals surface area contributed by atoms with Gasteiger partial charge in [0.25, 0.3) is 0 Å². The Kier molecular flexibility index (Phi) is 8.21. The zero-order chi connectivity index (χ0) is 16.8. The van der Waals surface area contributed by atoms with Crippen molar-refractivity contribution in [3.8, 4) is 0 Å². The fourth-order valence-electron chi connectivity index (χ4n) is 3.87. The lowest BCUT2D eigenvalue weighted by Crippen LogP contribution is -2.51. The summed E-state index contributed by atoms with van der Waals surface area (Å²) in [5.74, 6) is 0.664. The van der Waals surface area contributed by atoms with Crippen LogP contribution in [0.25, 0.3) is 0 Å². The molecule has 2 aliphatic rings. The van der Waals surface area contributed by atoms with Crippen LogP contribution < -0.4 is 10.6 Å².